The van der Waals surface area contributed by atoms with Gasteiger partial charge in [0.1, 0.15) is 0 Å². The van der Waals surface area contributed by atoms with Crippen LogP contribution in [0.4, 0.5) is 5.69 Å². The van der Waals surface area contributed by atoms with Gasteiger partial charge in [-0.15, -0.1) is 0 Å². The molecule has 1 N–H and O–H groups in total. The largest absolute Gasteiger partial charge is 0.477 e. The van der Waals surface area contributed by atoms with Crippen molar-refractivity contribution >= 4 is 17.3 Å². The zero-order chi connectivity index (χ0) is 25.2. The lowest BCUT2D eigenvalue weighted by Crippen LogP contribution is -2.54. The van der Waals surface area contributed by atoms with Gasteiger partial charge < -0.3 is 15.0 Å². The van der Waals surface area contributed by atoms with E-state index >= 15 is 0 Å². The van der Waals surface area contributed by atoms with Crippen LogP contribution in [0.1, 0.15) is 43.9 Å². The van der Waals surface area contributed by atoms with Gasteiger partial charge in [0, 0.05) is 50.4 Å². The number of pyridine rings is 2. The van der Waals surface area contributed by atoms with E-state index in [1.165, 1.54) is 24.1 Å². The van der Waals surface area contributed by atoms with E-state index in [1.54, 1.807) is 6.20 Å². The van der Waals surface area contributed by atoms with Crippen LogP contribution in [0.3, 0.4) is 0 Å². The lowest BCUT2D eigenvalue weighted by Gasteiger charge is -2.49. The molecule has 0 unspecified atom stereocenters. The Hall–Kier alpha value is -2.67. The maximum atomic E-state index is 6.56. The molecular formula is C30H36ClN5O. The number of nitrogens with one attached hydrogen (secondary N) is 1. The van der Waals surface area contributed by atoms with E-state index in [0.717, 1.165) is 74.1 Å². The zero-order valence-corrected chi connectivity index (χ0v) is 22.4. The van der Waals surface area contributed by atoms with Crippen molar-refractivity contribution in [2.75, 3.05) is 44.2 Å². The smallest absolute Gasteiger partial charge is 0.222 e. The maximum Gasteiger partial charge on any atom is 0.222 e. The lowest BCUT2D eigenvalue weighted by molar-refractivity contribution is 0.140. The van der Waals surface area contributed by atoms with Gasteiger partial charge in [0.2, 0.25) is 5.88 Å². The van der Waals surface area contributed by atoms with E-state index in [2.05, 4.69) is 50.4 Å². The van der Waals surface area contributed by atoms with Gasteiger partial charge in [0.05, 0.1) is 34.3 Å². The van der Waals surface area contributed by atoms with E-state index in [4.69, 9.17) is 21.3 Å². The summed E-state index contributed by atoms with van der Waals surface area (Å²) in [5.41, 5.74) is 5.79. The van der Waals surface area contributed by atoms with Gasteiger partial charge in [-0.2, -0.15) is 0 Å². The summed E-state index contributed by atoms with van der Waals surface area (Å²) in [4.78, 5) is 14.9. The number of nitrogens with zero attached hydrogens (tertiary/aromatic N) is 4. The standard InChI is InChI=1S/C30H36ClN5O/c1-2-37-29-23(8-6-16-33-29)26-12-11-24-27(34-26)20-35(19-22-7-5-15-32-22)21-30(24)13-17-36(18-14-30)28-10-4-3-9-25(28)31/h3-4,6,8-12,16,22,32H,2,5,7,13-15,17-21H2,1H3/t22-/m1/s1. The summed E-state index contributed by atoms with van der Waals surface area (Å²) in [6, 6.07) is 17.3. The van der Waals surface area contributed by atoms with Gasteiger partial charge in [0.25, 0.3) is 0 Å². The molecule has 37 heavy (non-hydrogen) atoms. The number of ether oxygens (including phenoxy) is 1. The topological polar surface area (TPSA) is 53.5 Å². The van der Waals surface area contributed by atoms with Crippen molar-refractivity contribution in [3.05, 3.63) is 71.0 Å². The number of benzene rings is 1. The van der Waals surface area contributed by atoms with Crippen LogP contribution in [0.2, 0.25) is 5.02 Å². The summed E-state index contributed by atoms with van der Waals surface area (Å²) in [5.74, 6) is 0.656. The summed E-state index contributed by atoms with van der Waals surface area (Å²) in [6.45, 7) is 8.77. The normalized spacial score (nSPS) is 21.2. The molecule has 0 aliphatic carbocycles. The number of halogens is 1. The molecule has 7 heteroatoms. The average Bonchev–Trinajstić information content (AvgIpc) is 3.43. The van der Waals surface area contributed by atoms with Crippen LogP contribution in [-0.4, -0.2) is 60.2 Å². The maximum absolute atomic E-state index is 6.56. The Labute approximate surface area is 225 Å². The Morgan fingerprint density at radius 3 is 2.76 bits per heavy atom. The summed E-state index contributed by atoms with van der Waals surface area (Å²) in [6.07, 6.45) is 6.51. The van der Waals surface area contributed by atoms with Crippen LogP contribution in [0.25, 0.3) is 11.3 Å². The van der Waals surface area contributed by atoms with Crippen molar-refractivity contribution in [1.29, 1.82) is 0 Å². The fraction of sp³-hybridized carbons (Fsp3) is 0.467. The summed E-state index contributed by atoms with van der Waals surface area (Å²) < 4.78 is 5.83. The van der Waals surface area contributed by atoms with Crippen molar-refractivity contribution < 1.29 is 4.74 Å². The van der Waals surface area contributed by atoms with E-state index in [1.807, 2.05) is 25.1 Å². The minimum atomic E-state index is 0.104. The van der Waals surface area contributed by atoms with Gasteiger partial charge in [0.15, 0.2) is 0 Å². The average molecular weight is 518 g/mol. The fourth-order valence-corrected chi connectivity index (χ4v) is 6.79. The highest BCUT2D eigenvalue weighted by molar-refractivity contribution is 6.33. The first-order valence-corrected chi connectivity index (χ1v) is 14.1. The predicted molar refractivity (Wildman–Crippen MR) is 150 cm³/mol. The van der Waals surface area contributed by atoms with Gasteiger partial charge in [-0.25, -0.2) is 4.98 Å². The second-order valence-corrected chi connectivity index (χ2v) is 11.1. The molecule has 5 heterocycles. The highest BCUT2D eigenvalue weighted by Crippen LogP contribution is 2.44. The SMILES string of the molecule is CCOc1ncccc1-c1ccc2c(n1)CN(C[C@H]1CCCN1)CC21CCN(c2ccccc2Cl)CC1. The number of piperidine rings is 1. The molecule has 3 aromatic rings. The summed E-state index contributed by atoms with van der Waals surface area (Å²) >= 11 is 6.56. The van der Waals surface area contributed by atoms with Gasteiger partial charge in [-0.1, -0.05) is 29.8 Å². The monoisotopic (exact) mass is 517 g/mol. The van der Waals surface area contributed by atoms with E-state index in [9.17, 15) is 0 Å². The van der Waals surface area contributed by atoms with Crippen LogP contribution in [0, 0.1) is 0 Å². The van der Waals surface area contributed by atoms with E-state index in [-0.39, 0.29) is 5.41 Å². The van der Waals surface area contributed by atoms with Crippen LogP contribution in [-0.2, 0) is 12.0 Å². The molecule has 1 aromatic carbocycles. The molecule has 2 aromatic heterocycles. The Morgan fingerprint density at radius 2 is 1.97 bits per heavy atom. The number of para-hydroxylation sites is 1. The molecule has 2 fully saturated rings. The number of rotatable bonds is 6. The van der Waals surface area contributed by atoms with Crippen molar-refractivity contribution in [2.24, 2.45) is 0 Å². The highest BCUT2D eigenvalue weighted by atomic mass is 35.5. The molecule has 6 rings (SSSR count). The third kappa shape index (κ3) is 4.95. The van der Waals surface area contributed by atoms with Crippen molar-refractivity contribution in [3.8, 4) is 17.1 Å². The molecule has 3 aliphatic rings. The van der Waals surface area contributed by atoms with Gasteiger partial charge in [-0.3, -0.25) is 9.88 Å². The quantitative estimate of drug-likeness (QED) is 0.479. The number of anilines is 1. The Bertz CT molecular complexity index is 1240. The second kappa shape index (κ2) is 10.6. The van der Waals surface area contributed by atoms with Crippen LogP contribution >= 0.6 is 11.6 Å². The Morgan fingerprint density at radius 1 is 1.11 bits per heavy atom. The number of hydrogen-bond donors (Lipinski definition) is 1. The minimum Gasteiger partial charge on any atom is -0.477 e. The van der Waals surface area contributed by atoms with Crippen molar-refractivity contribution in [3.63, 3.8) is 0 Å². The third-order valence-corrected chi connectivity index (χ3v) is 8.65. The number of hydrogen-bond acceptors (Lipinski definition) is 6. The summed E-state index contributed by atoms with van der Waals surface area (Å²) in [7, 11) is 0. The predicted octanol–water partition coefficient (Wildman–Crippen LogP) is 5.30. The van der Waals surface area contributed by atoms with Crippen molar-refractivity contribution in [1.82, 2.24) is 20.2 Å². The summed E-state index contributed by atoms with van der Waals surface area (Å²) in [5, 5.41) is 4.54. The molecule has 194 valence electrons. The highest BCUT2D eigenvalue weighted by Gasteiger charge is 2.43. The minimum absolute atomic E-state index is 0.104. The fourth-order valence-electron chi connectivity index (χ4n) is 6.54. The third-order valence-electron chi connectivity index (χ3n) is 8.33. The lowest BCUT2D eigenvalue weighted by atomic mass is 9.69. The molecule has 6 nitrogen and oxygen atoms in total. The van der Waals surface area contributed by atoms with Crippen LogP contribution in [0.15, 0.2) is 54.7 Å². The molecule has 0 saturated carbocycles. The molecular weight excluding hydrogens is 482 g/mol. The molecule has 1 atom stereocenters. The van der Waals surface area contributed by atoms with E-state index in [0.29, 0.717) is 18.5 Å². The number of fused-ring (bicyclic) bond motifs is 2. The molecule has 0 bridgehead atoms. The number of aromatic nitrogens is 2. The molecule has 1 spiro atoms. The first-order chi connectivity index (χ1) is 18.1. The van der Waals surface area contributed by atoms with Gasteiger partial charge in [-0.05, 0) is 75.0 Å². The Kier molecular flexibility index (Phi) is 7.06. The van der Waals surface area contributed by atoms with Crippen LogP contribution < -0.4 is 15.0 Å². The molecule has 0 radical (unpaired) electrons. The molecule has 3 aliphatic heterocycles. The second-order valence-electron chi connectivity index (χ2n) is 10.7. The first kappa shape index (κ1) is 24.7. The Balaban J connectivity index is 1.32. The molecule has 0 amide bonds. The zero-order valence-electron chi connectivity index (χ0n) is 21.6. The molecule has 2 saturated heterocycles. The van der Waals surface area contributed by atoms with Crippen LogP contribution in [0.5, 0.6) is 5.88 Å². The van der Waals surface area contributed by atoms with Crippen molar-refractivity contribution in [2.45, 2.75) is 50.6 Å². The van der Waals surface area contributed by atoms with Gasteiger partial charge >= 0.3 is 0 Å². The van der Waals surface area contributed by atoms with E-state index < -0.39 is 0 Å². The first-order valence-electron chi connectivity index (χ1n) is 13.7.